The van der Waals surface area contributed by atoms with E-state index in [0.29, 0.717) is 6.61 Å². The van der Waals surface area contributed by atoms with Crippen LogP contribution in [0.2, 0.25) is 0 Å². The van der Waals surface area contributed by atoms with Crippen LogP contribution in [-0.4, -0.2) is 43.7 Å². The summed E-state index contributed by atoms with van der Waals surface area (Å²) >= 11 is 0. The molecule has 1 N–H and O–H groups in total. The largest absolute Gasteiger partial charge is 0.465 e. The van der Waals surface area contributed by atoms with Crippen molar-refractivity contribution in [1.29, 1.82) is 0 Å². The number of carbonyl (C=O) groups is 1. The first-order valence-corrected chi connectivity index (χ1v) is 6.59. The molecule has 0 aliphatic carbocycles. The van der Waals surface area contributed by atoms with Gasteiger partial charge in [0.25, 0.3) is 0 Å². The van der Waals surface area contributed by atoms with Crippen LogP contribution in [0.4, 0.5) is 4.39 Å². The molecule has 0 amide bonds. The number of halogens is 1. The Morgan fingerprint density at radius 3 is 2.58 bits per heavy atom. The van der Waals surface area contributed by atoms with Crippen molar-refractivity contribution in [2.75, 3.05) is 32.8 Å². The zero-order chi connectivity index (χ0) is 13.7. The van der Waals surface area contributed by atoms with E-state index in [9.17, 15) is 9.18 Å². The molecular weight excluding hydrogens is 247 g/mol. The fourth-order valence-electron chi connectivity index (χ4n) is 2.30. The Hall–Kier alpha value is -1.46. The Labute approximate surface area is 112 Å². The van der Waals surface area contributed by atoms with Gasteiger partial charge in [0.15, 0.2) is 0 Å². The number of benzene rings is 1. The Balaban J connectivity index is 2.22. The number of ether oxygens (including phenoxy) is 1. The highest BCUT2D eigenvalue weighted by Gasteiger charge is 2.29. The van der Waals surface area contributed by atoms with E-state index in [4.69, 9.17) is 4.74 Å². The van der Waals surface area contributed by atoms with Crippen molar-refractivity contribution in [3.05, 3.63) is 35.6 Å². The predicted octanol–water partition coefficient (Wildman–Crippen LogP) is 1.34. The van der Waals surface area contributed by atoms with Gasteiger partial charge in [-0.05, 0) is 24.6 Å². The molecule has 1 saturated heterocycles. The van der Waals surface area contributed by atoms with Gasteiger partial charge in [0.1, 0.15) is 11.9 Å². The number of nitrogens with one attached hydrogen (secondary N) is 1. The lowest BCUT2D eigenvalue weighted by Crippen LogP contribution is -2.47. The van der Waals surface area contributed by atoms with Gasteiger partial charge in [-0.1, -0.05) is 12.1 Å². The van der Waals surface area contributed by atoms with E-state index < -0.39 is 6.04 Å². The fourth-order valence-corrected chi connectivity index (χ4v) is 2.30. The summed E-state index contributed by atoms with van der Waals surface area (Å²) in [7, 11) is 0. The first-order valence-electron chi connectivity index (χ1n) is 6.59. The van der Waals surface area contributed by atoms with Crippen molar-refractivity contribution < 1.29 is 13.9 Å². The Kier molecular flexibility index (Phi) is 4.87. The number of nitrogens with zero attached hydrogens (tertiary/aromatic N) is 1. The van der Waals surface area contributed by atoms with E-state index in [1.165, 1.54) is 12.1 Å². The zero-order valence-corrected chi connectivity index (χ0v) is 11.1. The van der Waals surface area contributed by atoms with Crippen LogP contribution in [-0.2, 0) is 9.53 Å². The number of hydrogen-bond donors (Lipinski definition) is 1. The van der Waals surface area contributed by atoms with Crippen LogP contribution in [0.1, 0.15) is 18.5 Å². The summed E-state index contributed by atoms with van der Waals surface area (Å²) in [6.45, 7) is 5.38. The molecule has 0 saturated carbocycles. The summed E-state index contributed by atoms with van der Waals surface area (Å²) in [4.78, 5) is 14.2. The molecular formula is C14H19FN2O2. The first-order chi connectivity index (χ1) is 9.22. The lowest BCUT2D eigenvalue weighted by Gasteiger charge is -2.33. The number of rotatable bonds is 4. The van der Waals surface area contributed by atoms with Crippen LogP contribution >= 0.6 is 0 Å². The third-order valence-corrected chi connectivity index (χ3v) is 3.21. The molecule has 104 valence electrons. The van der Waals surface area contributed by atoms with Gasteiger partial charge in [-0.2, -0.15) is 0 Å². The maximum Gasteiger partial charge on any atom is 0.328 e. The van der Waals surface area contributed by atoms with E-state index in [1.54, 1.807) is 19.1 Å². The van der Waals surface area contributed by atoms with Crippen LogP contribution in [0.15, 0.2) is 24.3 Å². The average molecular weight is 266 g/mol. The van der Waals surface area contributed by atoms with Crippen LogP contribution in [0.3, 0.4) is 0 Å². The Morgan fingerprint density at radius 1 is 1.37 bits per heavy atom. The Morgan fingerprint density at radius 2 is 2.00 bits per heavy atom. The molecule has 1 atom stereocenters. The SMILES string of the molecule is CCOC(=O)C(c1ccc(F)cc1)N1CCNCC1. The van der Waals surface area contributed by atoms with Gasteiger partial charge in [-0.15, -0.1) is 0 Å². The molecule has 1 aromatic carbocycles. The third kappa shape index (κ3) is 3.52. The lowest BCUT2D eigenvalue weighted by molar-refractivity contribution is -0.150. The maximum atomic E-state index is 13.0. The molecule has 0 radical (unpaired) electrons. The highest BCUT2D eigenvalue weighted by molar-refractivity contribution is 5.77. The molecule has 5 heteroatoms. The monoisotopic (exact) mass is 266 g/mol. The smallest absolute Gasteiger partial charge is 0.328 e. The van der Waals surface area contributed by atoms with Crippen molar-refractivity contribution in [2.24, 2.45) is 0 Å². The molecule has 1 heterocycles. The van der Waals surface area contributed by atoms with Gasteiger partial charge in [0.05, 0.1) is 6.61 Å². The fraction of sp³-hybridized carbons (Fsp3) is 0.500. The first kappa shape index (κ1) is 14.0. The minimum atomic E-state index is -0.442. The minimum Gasteiger partial charge on any atom is -0.465 e. The molecule has 1 aromatic rings. The second kappa shape index (κ2) is 6.63. The van der Waals surface area contributed by atoms with Crippen molar-refractivity contribution in [3.8, 4) is 0 Å². The molecule has 0 aromatic heterocycles. The third-order valence-electron chi connectivity index (χ3n) is 3.21. The molecule has 1 fully saturated rings. The lowest BCUT2D eigenvalue weighted by atomic mass is 10.0. The van der Waals surface area contributed by atoms with Crippen LogP contribution in [0.25, 0.3) is 0 Å². The van der Waals surface area contributed by atoms with Crippen LogP contribution < -0.4 is 5.32 Å². The number of piperazine rings is 1. The number of carbonyl (C=O) groups excluding carboxylic acids is 1. The van der Waals surface area contributed by atoms with Crippen LogP contribution in [0.5, 0.6) is 0 Å². The van der Waals surface area contributed by atoms with E-state index in [0.717, 1.165) is 31.7 Å². The summed E-state index contributed by atoms with van der Waals surface area (Å²) in [6, 6.07) is 5.62. The van der Waals surface area contributed by atoms with Crippen molar-refractivity contribution >= 4 is 5.97 Å². The standard InChI is InChI=1S/C14H19FN2O2/c1-2-19-14(18)13(17-9-7-16-8-10-17)11-3-5-12(15)6-4-11/h3-6,13,16H,2,7-10H2,1H3. The summed E-state index contributed by atoms with van der Waals surface area (Å²) in [5, 5.41) is 3.25. The van der Waals surface area contributed by atoms with E-state index in [-0.39, 0.29) is 11.8 Å². The van der Waals surface area contributed by atoms with Crippen molar-refractivity contribution in [1.82, 2.24) is 10.2 Å². The summed E-state index contributed by atoms with van der Waals surface area (Å²) < 4.78 is 18.1. The average Bonchev–Trinajstić information content (AvgIpc) is 2.43. The molecule has 0 spiro atoms. The number of esters is 1. The summed E-state index contributed by atoms with van der Waals surface area (Å²) in [6.07, 6.45) is 0. The van der Waals surface area contributed by atoms with Crippen LogP contribution in [0, 0.1) is 5.82 Å². The molecule has 1 unspecified atom stereocenters. The zero-order valence-electron chi connectivity index (χ0n) is 11.1. The van der Waals surface area contributed by atoms with E-state index >= 15 is 0 Å². The normalized spacial score (nSPS) is 18.0. The minimum absolute atomic E-state index is 0.268. The van der Waals surface area contributed by atoms with Gasteiger partial charge in [-0.3, -0.25) is 4.90 Å². The summed E-state index contributed by atoms with van der Waals surface area (Å²) in [5.74, 6) is -0.567. The molecule has 2 rings (SSSR count). The van der Waals surface area contributed by atoms with Gasteiger partial charge < -0.3 is 10.1 Å². The maximum absolute atomic E-state index is 13.0. The van der Waals surface area contributed by atoms with Crippen molar-refractivity contribution in [3.63, 3.8) is 0 Å². The molecule has 19 heavy (non-hydrogen) atoms. The van der Waals surface area contributed by atoms with Gasteiger partial charge >= 0.3 is 5.97 Å². The summed E-state index contributed by atoms with van der Waals surface area (Å²) in [5.41, 5.74) is 0.779. The highest BCUT2D eigenvalue weighted by atomic mass is 19.1. The van der Waals surface area contributed by atoms with Crippen molar-refractivity contribution in [2.45, 2.75) is 13.0 Å². The van der Waals surface area contributed by atoms with Gasteiger partial charge in [0, 0.05) is 26.2 Å². The van der Waals surface area contributed by atoms with E-state index in [2.05, 4.69) is 10.2 Å². The van der Waals surface area contributed by atoms with Gasteiger partial charge in [-0.25, -0.2) is 9.18 Å². The Bertz CT molecular complexity index is 416. The second-order valence-corrected chi connectivity index (χ2v) is 4.49. The topological polar surface area (TPSA) is 41.6 Å². The number of hydrogen-bond acceptors (Lipinski definition) is 4. The quantitative estimate of drug-likeness (QED) is 0.835. The predicted molar refractivity (Wildman–Crippen MR) is 70.2 cm³/mol. The molecule has 1 aliphatic heterocycles. The molecule has 0 bridgehead atoms. The van der Waals surface area contributed by atoms with Gasteiger partial charge in [0.2, 0.25) is 0 Å². The highest BCUT2D eigenvalue weighted by Crippen LogP contribution is 2.23. The van der Waals surface area contributed by atoms with E-state index in [1.807, 2.05) is 0 Å². The molecule has 4 nitrogen and oxygen atoms in total. The second-order valence-electron chi connectivity index (χ2n) is 4.49. The molecule has 1 aliphatic rings.